The fraction of sp³-hybridized carbons (Fsp3) is 0.333. The average molecular weight is 98.1 g/mol. The van der Waals surface area contributed by atoms with Crippen LogP contribution in [0.2, 0.25) is 0 Å². The highest BCUT2D eigenvalue weighted by molar-refractivity contribution is 4.83. The predicted octanol–water partition coefficient (Wildman–Crippen LogP) is -0.903. The summed E-state index contributed by atoms with van der Waals surface area (Å²) in [4.78, 5) is 0. The van der Waals surface area contributed by atoms with Crippen LogP contribution in [0.25, 0.3) is 0 Å². The fourth-order valence-electron chi connectivity index (χ4n) is 0.266. The van der Waals surface area contributed by atoms with Crippen LogP contribution in [0.15, 0.2) is 0 Å². The lowest BCUT2D eigenvalue weighted by atomic mass is 10.5. The molecular formula is C3H4N3O. The summed E-state index contributed by atoms with van der Waals surface area (Å²) in [6.07, 6.45) is 2.42. The van der Waals surface area contributed by atoms with E-state index in [1.165, 1.54) is 0 Å². The molecule has 1 aromatic rings. The number of aliphatic hydroxyl groups excluding tert-OH is 1. The van der Waals surface area contributed by atoms with Crippen molar-refractivity contribution in [3.63, 3.8) is 0 Å². The Bertz CT molecular complexity index is 125. The van der Waals surface area contributed by atoms with Crippen LogP contribution in [0, 0.1) is 6.20 Å². The number of aliphatic hydroxyl groups is 1. The third-order valence-corrected chi connectivity index (χ3v) is 0.578. The van der Waals surface area contributed by atoms with Gasteiger partial charge in [-0.05, 0) is 0 Å². The average Bonchev–Trinajstić information content (AvgIpc) is 2.14. The SMILES string of the molecule is OCc1[c]nn[nH]1. The molecule has 0 spiro atoms. The number of hydrogen-bond donors (Lipinski definition) is 2. The van der Waals surface area contributed by atoms with Gasteiger partial charge in [-0.15, -0.1) is 5.10 Å². The summed E-state index contributed by atoms with van der Waals surface area (Å²) in [5, 5.41) is 17.3. The lowest BCUT2D eigenvalue weighted by molar-refractivity contribution is 0.276. The van der Waals surface area contributed by atoms with Crippen molar-refractivity contribution in [2.24, 2.45) is 0 Å². The Hall–Kier alpha value is -0.900. The maximum absolute atomic E-state index is 8.28. The molecule has 0 aliphatic heterocycles. The van der Waals surface area contributed by atoms with Crippen molar-refractivity contribution < 1.29 is 5.11 Å². The maximum Gasteiger partial charge on any atom is 0.140 e. The number of nitrogens with one attached hydrogen (secondary N) is 1. The van der Waals surface area contributed by atoms with Gasteiger partial charge in [-0.3, -0.25) is 5.10 Å². The molecule has 0 saturated heterocycles. The number of H-pyrrole nitrogens is 1. The molecule has 7 heavy (non-hydrogen) atoms. The van der Waals surface area contributed by atoms with E-state index in [0.717, 1.165) is 0 Å². The molecule has 0 aromatic carbocycles. The first-order chi connectivity index (χ1) is 3.43. The standard InChI is InChI=1S/C3H4N3O/c7-2-3-1-4-6-5-3/h7H,2H2,(H,4,5,6). The van der Waals surface area contributed by atoms with Gasteiger partial charge in [0.1, 0.15) is 6.20 Å². The highest BCUT2D eigenvalue weighted by Crippen LogP contribution is 1.81. The van der Waals surface area contributed by atoms with Crippen LogP contribution >= 0.6 is 0 Å². The van der Waals surface area contributed by atoms with Crippen LogP contribution in [0.3, 0.4) is 0 Å². The Balaban J connectivity index is 2.76. The number of nitrogens with zero attached hydrogens (tertiary/aromatic N) is 2. The molecule has 0 amide bonds. The largest absolute Gasteiger partial charge is 0.390 e. The van der Waals surface area contributed by atoms with Gasteiger partial charge < -0.3 is 5.11 Å². The van der Waals surface area contributed by atoms with E-state index in [1.54, 1.807) is 0 Å². The molecule has 4 heteroatoms. The minimum absolute atomic E-state index is 0.0764. The Morgan fingerprint density at radius 3 is 3.00 bits per heavy atom. The number of rotatable bonds is 1. The molecule has 0 atom stereocenters. The van der Waals surface area contributed by atoms with Crippen molar-refractivity contribution >= 4 is 0 Å². The van der Waals surface area contributed by atoms with E-state index in [1.807, 2.05) is 0 Å². The van der Waals surface area contributed by atoms with Gasteiger partial charge in [0.05, 0.1) is 12.3 Å². The van der Waals surface area contributed by atoms with Crippen LogP contribution in [0.1, 0.15) is 5.69 Å². The van der Waals surface area contributed by atoms with Gasteiger partial charge in [0.25, 0.3) is 0 Å². The van der Waals surface area contributed by atoms with Gasteiger partial charge in [-0.2, -0.15) is 0 Å². The van der Waals surface area contributed by atoms with Gasteiger partial charge in [-0.1, -0.05) is 5.21 Å². The Labute approximate surface area is 40.2 Å². The molecule has 0 unspecified atom stereocenters. The third kappa shape index (κ3) is 0.747. The minimum Gasteiger partial charge on any atom is -0.390 e. The molecule has 1 aromatic heterocycles. The lowest BCUT2D eigenvalue weighted by Gasteiger charge is -1.76. The molecule has 1 heterocycles. The van der Waals surface area contributed by atoms with Crippen molar-refractivity contribution in [3.8, 4) is 0 Å². The monoisotopic (exact) mass is 98.0 g/mol. The second-order valence-corrected chi connectivity index (χ2v) is 1.06. The Kier molecular flexibility index (Phi) is 1.04. The van der Waals surface area contributed by atoms with Crippen molar-refractivity contribution in [2.45, 2.75) is 6.61 Å². The van der Waals surface area contributed by atoms with Crippen molar-refractivity contribution in [2.75, 3.05) is 0 Å². The summed E-state index contributed by atoms with van der Waals surface area (Å²) >= 11 is 0. The van der Waals surface area contributed by atoms with Crippen LogP contribution in [-0.2, 0) is 6.61 Å². The van der Waals surface area contributed by atoms with E-state index in [-0.39, 0.29) is 6.61 Å². The quantitative estimate of drug-likeness (QED) is 0.478. The van der Waals surface area contributed by atoms with Crippen LogP contribution in [0.4, 0.5) is 0 Å². The second-order valence-electron chi connectivity index (χ2n) is 1.06. The normalized spacial score (nSPS) is 9.29. The summed E-state index contributed by atoms with van der Waals surface area (Å²) in [5.41, 5.74) is 0.514. The summed E-state index contributed by atoms with van der Waals surface area (Å²) in [6, 6.07) is 0. The van der Waals surface area contributed by atoms with Crippen LogP contribution < -0.4 is 0 Å². The van der Waals surface area contributed by atoms with E-state index < -0.39 is 0 Å². The molecule has 2 N–H and O–H groups in total. The first-order valence-corrected chi connectivity index (χ1v) is 1.82. The Morgan fingerprint density at radius 1 is 1.86 bits per heavy atom. The Morgan fingerprint density at radius 2 is 2.71 bits per heavy atom. The van der Waals surface area contributed by atoms with Gasteiger partial charge >= 0.3 is 0 Å². The second kappa shape index (κ2) is 1.70. The van der Waals surface area contributed by atoms with Crippen molar-refractivity contribution in [1.82, 2.24) is 15.4 Å². The molecule has 0 fully saturated rings. The summed E-state index contributed by atoms with van der Waals surface area (Å²) in [6.45, 7) is -0.0764. The zero-order valence-electron chi connectivity index (χ0n) is 3.55. The van der Waals surface area contributed by atoms with Crippen molar-refractivity contribution in [1.29, 1.82) is 0 Å². The van der Waals surface area contributed by atoms with Gasteiger partial charge in [-0.25, -0.2) is 0 Å². The zero-order valence-corrected chi connectivity index (χ0v) is 3.55. The fourth-order valence-corrected chi connectivity index (χ4v) is 0.266. The molecule has 0 bridgehead atoms. The predicted molar refractivity (Wildman–Crippen MR) is 21.1 cm³/mol. The molecule has 37 valence electrons. The smallest absolute Gasteiger partial charge is 0.140 e. The van der Waals surface area contributed by atoms with E-state index in [0.29, 0.717) is 5.69 Å². The number of aromatic nitrogens is 3. The van der Waals surface area contributed by atoms with E-state index >= 15 is 0 Å². The highest BCUT2D eigenvalue weighted by atomic mass is 16.3. The highest BCUT2D eigenvalue weighted by Gasteiger charge is 1.86. The first-order valence-electron chi connectivity index (χ1n) is 1.82. The maximum atomic E-state index is 8.28. The number of hydrogen-bond acceptors (Lipinski definition) is 3. The van der Waals surface area contributed by atoms with Gasteiger partial charge in [0.15, 0.2) is 0 Å². The van der Waals surface area contributed by atoms with E-state index in [2.05, 4.69) is 21.6 Å². The van der Waals surface area contributed by atoms with Crippen LogP contribution in [-0.4, -0.2) is 20.5 Å². The lowest BCUT2D eigenvalue weighted by Crippen LogP contribution is -1.80. The van der Waals surface area contributed by atoms with E-state index in [9.17, 15) is 0 Å². The molecule has 1 radical (unpaired) electrons. The molecule has 4 nitrogen and oxygen atoms in total. The molecule has 0 saturated carbocycles. The summed E-state index contributed by atoms with van der Waals surface area (Å²) in [7, 11) is 0. The van der Waals surface area contributed by atoms with Gasteiger partial charge in [0.2, 0.25) is 0 Å². The van der Waals surface area contributed by atoms with Crippen LogP contribution in [0.5, 0.6) is 0 Å². The van der Waals surface area contributed by atoms with Gasteiger partial charge in [0, 0.05) is 0 Å². The summed E-state index contributed by atoms with van der Waals surface area (Å²) < 4.78 is 0. The van der Waals surface area contributed by atoms with E-state index in [4.69, 9.17) is 5.11 Å². The molecule has 0 aliphatic rings. The third-order valence-electron chi connectivity index (χ3n) is 0.578. The summed E-state index contributed by atoms with van der Waals surface area (Å²) in [5.74, 6) is 0. The zero-order chi connectivity index (χ0) is 5.11. The topological polar surface area (TPSA) is 61.8 Å². The van der Waals surface area contributed by atoms with Crippen molar-refractivity contribution in [3.05, 3.63) is 11.9 Å². The first kappa shape index (κ1) is 4.26. The molecular weight excluding hydrogens is 94.1 g/mol. The number of aromatic amines is 1. The minimum atomic E-state index is -0.0764. The molecule has 0 aliphatic carbocycles. The molecule has 1 rings (SSSR count).